The fraction of sp³-hybridized carbons (Fsp3) is 0.625. The van der Waals surface area contributed by atoms with Gasteiger partial charge in [0.25, 0.3) is 0 Å². The summed E-state index contributed by atoms with van der Waals surface area (Å²) < 4.78 is 0. The molecule has 2 heteroatoms. The SMILES string of the molecule is CC1CCC(O)(C2NCc3ccccc32)C(C)C1. The van der Waals surface area contributed by atoms with Gasteiger partial charge < -0.3 is 10.4 Å². The molecular formula is C16H23NO. The normalized spacial score (nSPS) is 39.6. The molecule has 4 unspecified atom stereocenters. The standard InChI is InChI=1S/C16H23NO/c1-11-7-8-16(18,12(2)9-11)15-14-6-4-3-5-13(14)10-17-15/h3-6,11-12,15,17-18H,7-10H2,1-2H3. The number of fused-ring (bicyclic) bond motifs is 1. The molecule has 4 atom stereocenters. The van der Waals surface area contributed by atoms with Crippen molar-refractivity contribution >= 4 is 0 Å². The average Bonchev–Trinajstić information content (AvgIpc) is 2.79. The highest BCUT2D eigenvalue weighted by Crippen LogP contribution is 2.46. The van der Waals surface area contributed by atoms with Gasteiger partial charge in [0.2, 0.25) is 0 Å². The molecule has 0 amide bonds. The highest BCUT2D eigenvalue weighted by molar-refractivity contribution is 5.36. The fourth-order valence-electron chi connectivity index (χ4n) is 3.82. The second-order valence-corrected chi connectivity index (χ2v) is 6.28. The van der Waals surface area contributed by atoms with E-state index in [1.807, 2.05) is 0 Å². The summed E-state index contributed by atoms with van der Waals surface area (Å²) >= 11 is 0. The highest BCUT2D eigenvalue weighted by Gasteiger charge is 2.47. The minimum atomic E-state index is -0.570. The van der Waals surface area contributed by atoms with Gasteiger partial charge in [0.1, 0.15) is 0 Å². The lowest BCUT2D eigenvalue weighted by Crippen LogP contribution is -2.49. The number of nitrogens with one attached hydrogen (secondary N) is 1. The van der Waals surface area contributed by atoms with Crippen molar-refractivity contribution in [3.63, 3.8) is 0 Å². The maximum absolute atomic E-state index is 11.1. The van der Waals surface area contributed by atoms with Gasteiger partial charge in [0.15, 0.2) is 0 Å². The second-order valence-electron chi connectivity index (χ2n) is 6.28. The third kappa shape index (κ3) is 1.79. The first-order chi connectivity index (χ1) is 8.61. The molecule has 2 N–H and O–H groups in total. The van der Waals surface area contributed by atoms with E-state index in [9.17, 15) is 5.11 Å². The van der Waals surface area contributed by atoms with E-state index >= 15 is 0 Å². The van der Waals surface area contributed by atoms with E-state index in [1.165, 1.54) is 11.1 Å². The first kappa shape index (κ1) is 12.2. The van der Waals surface area contributed by atoms with Crippen LogP contribution in [0, 0.1) is 11.8 Å². The van der Waals surface area contributed by atoms with Crippen LogP contribution in [-0.2, 0) is 6.54 Å². The maximum atomic E-state index is 11.1. The van der Waals surface area contributed by atoms with Gasteiger partial charge in [0.05, 0.1) is 11.6 Å². The highest BCUT2D eigenvalue weighted by atomic mass is 16.3. The molecule has 98 valence electrons. The molecule has 1 aliphatic heterocycles. The molecule has 2 aliphatic rings. The van der Waals surface area contributed by atoms with Gasteiger partial charge in [-0.05, 0) is 42.2 Å². The van der Waals surface area contributed by atoms with Crippen LogP contribution in [0.25, 0.3) is 0 Å². The zero-order valence-corrected chi connectivity index (χ0v) is 11.3. The summed E-state index contributed by atoms with van der Waals surface area (Å²) in [5.41, 5.74) is 2.09. The van der Waals surface area contributed by atoms with Crippen LogP contribution >= 0.6 is 0 Å². The molecule has 1 aromatic carbocycles. The summed E-state index contributed by atoms with van der Waals surface area (Å²) in [5.74, 6) is 1.11. The fourth-order valence-corrected chi connectivity index (χ4v) is 3.82. The van der Waals surface area contributed by atoms with Crippen LogP contribution in [-0.4, -0.2) is 10.7 Å². The summed E-state index contributed by atoms with van der Waals surface area (Å²) in [6.45, 7) is 5.40. The van der Waals surface area contributed by atoms with Gasteiger partial charge in [-0.15, -0.1) is 0 Å². The predicted octanol–water partition coefficient (Wildman–Crippen LogP) is 3.02. The quantitative estimate of drug-likeness (QED) is 0.797. The van der Waals surface area contributed by atoms with Crippen LogP contribution in [0.1, 0.15) is 50.3 Å². The van der Waals surface area contributed by atoms with Gasteiger partial charge in [0, 0.05) is 6.54 Å². The van der Waals surface area contributed by atoms with E-state index in [-0.39, 0.29) is 6.04 Å². The number of aliphatic hydroxyl groups is 1. The molecule has 1 saturated carbocycles. The summed E-state index contributed by atoms with van der Waals surface area (Å²) in [5, 5.41) is 14.7. The van der Waals surface area contributed by atoms with Crippen molar-refractivity contribution in [2.24, 2.45) is 11.8 Å². The summed E-state index contributed by atoms with van der Waals surface area (Å²) in [7, 11) is 0. The van der Waals surface area contributed by atoms with Crippen molar-refractivity contribution < 1.29 is 5.11 Å². The van der Waals surface area contributed by atoms with Crippen molar-refractivity contribution in [2.45, 2.75) is 51.3 Å². The minimum Gasteiger partial charge on any atom is -0.388 e. The first-order valence-electron chi connectivity index (χ1n) is 7.15. The Kier molecular flexibility index (Phi) is 2.95. The van der Waals surface area contributed by atoms with Gasteiger partial charge >= 0.3 is 0 Å². The Labute approximate surface area is 109 Å². The van der Waals surface area contributed by atoms with E-state index in [2.05, 4.69) is 43.4 Å². The van der Waals surface area contributed by atoms with Crippen LogP contribution < -0.4 is 5.32 Å². The Morgan fingerprint density at radius 3 is 2.83 bits per heavy atom. The third-order valence-corrected chi connectivity index (χ3v) is 5.01. The second kappa shape index (κ2) is 4.36. The molecule has 1 aliphatic carbocycles. The van der Waals surface area contributed by atoms with E-state index in [4.69, 9.17) is 0 Å². The van der Waals surface area contributed by atoms with E-state index in [1.54, 1.807) is 0 Å². The molecule has 1 heterocycles. The Balaban J connectivity index is 1.91. The van der Waals surface area contributed by atoms with Crippen molar-refractivity contribution in [3.8, 4) is 0 Å². The van der Waals surface area contributed by atoms with Crippen molar-refractivity contribution in [3.05, 3.63) is 35.4 Å². The van der Waals surface area contributed by atoms with Gasteiger partial charge in [-0.3, -0.25) is 0 Å². The van der Waals surface area contributed by atoms with E-state index in [0.29, 0.717) is 5.92 Å². The predicted molar refractivity (Wildman–Crippen MR) is 73.2 cm³/mol. The van der Waals surface area contributed by atoms with Crippen LogP contribution in [0.5, 0.6) is 0 Å². The zero-order chi connectivity index (χ0) is 12.8. The molecule has 1 fully saturated rings. The summed E-state index contributed by atoms with van der Waals surface area (Å²) in [6.07, 6.45) is 3.19. The first-order valence-corrected chi connectivity index (χ1v) is 7.15. The van der Waals surface area contributed by atoms with Gasteiger partial charge in [-0.1, -0.05) is 38.1 Å². The molecule has 0 saturated heterocycles. The Hall–Kier alpha value is -0.860. The zero-order valence-electron chi connectivity index (χ0n) is 11.3. The van der Waals surface area contributed by atoms with Crippen LogP contribution in [0.15, 0.2) is 24.3 Å². The largest absolute Gasteiger partial charge is 0.388 e. The molecule has 0 spiro atoms. The average molecular weight is 245 g/mol. The molecule has 0 aromatic heterocycles. The van der Waals surface area contributed by atoms with Gasteiger partial charge in [-0.25, -0.2) is 0 Å². The van der Waals surface area contributed by atoms with Crippen LogP contribution in [0.4, 0.5) is 0 Å². The smallest absolute Gasteiger partial charge is 0.0867 e. The monoisotopic (exact) mass is 245 g/mol. The van der Waals surface area contributed by atoms with Crippen molar-refractivity contribution in [1.82, 2.24) is 5.32 Å². The Morgan fingerprint density at radius 1 is 1.28 bits per heavy atom. The van der Waals surface area contributed by atoms with E-state index in [0.717, 1.165) is 31.7 Å². The Morgan fingerprint density at radius 2 is 2.06 bits per heavy atom. The Bertz CT molecular complexity index is 444. The maximum Gasteiger partial charge on any atom is 0.0867 e. The van der Waals surface area contributed by atoms with Crippen LogP contribution in [0.2, 0.25) is 0 Å². The molecule has 18 heavy (non-hydrogen) atoms. The number of hydrogen-bond acceptors (Lipinski definition) is 2. The lowest BCUT2D eigenvalue weighted by Gasteiger charge is -2.45. The van der Waals surface area contributed by atoms with Crippen molar-refractivity contribution in [1.29, 1.82) is 0 Å². The van der Waals surface area contributed by atoms with Gasteiger partial charge in [-0.2, -0.15) is 0 Å². The number of rotatable bonds is 1. The summed E-state index contributed by atoms with van der Waals surface area (Å²) in [4.78, 5) is 0. The molecule has 2 nitrogen and oxygen atoms in total. The lowest BCUT2D eigenvalue weighted by molar-refractivity contribution is -0.0802. The van der Waals surface area contributed by atoms with Crippen molar-refractivity contribution in [2.75, 3.05) is 0 Å². The summed E-state index contributed by atoms with van der Waals surface area (Å²) in [6, 6.07) is 8.62. The van der Waals surface area contributed by atoms with E-state index < -0.39 is 5.60 Å². The van der Waals surface area contributed by atoms with Crippen LogP contribution in [0.3, 0.4) is 0 Å². The third-order valence-electron chi connectivity index (χ3n) is 5.01. The molecule has 0 bridgehead atoms. The number of hydrogen-bond donors (Lipinski definition) is 2. The molecule has 0 radical (unpaired) electrons. The molecule has 3 rings (SSSR count). The topological polar surface area (TPSA) is 32.3 Å². The minimum absolute atomic E-state index is 0.121. The lowest BCUT2D eigenvalue weighted by atomic mass is 9.68. The number of benzene rings is 1. The molecule has 1 aromatic rings. The molecular weight excluding hydrogens is 222 g/mol.